The number of ether oxygens (including phenoxy) is 1. The molecule has 0 radical (unpaired) electrons. The lowest BCUT2D eigenvalue weighted by Gasteiger charge is -2.16. The number of amides is 1. The zero-order chi connectivity index (χ0) is 21.5. The van der Waals surface area contributed by atoms with Crippen LogP contribution in [0, 0.1) is 5.82 Å². The van der Waals surface area contributed by atoms with Gasteiger partial charge in [-0.3, -0.25) is 14.7 Å². The fourth-order valence-corrected chi connectivity index (χ4v) is 3.59. The summed E-state index contributed by atoms with van der Waals surface area (Å²) in [6.45, 7) is 2.66. The van der Waals surface area contributed by atoms with Gasteiger partial charge in [0.1, 0.15) is 5.75 Å². The second-order valence-corrected chi connectivity index (χ2v) is 7.53. The Morgan fingerprint density at radius 2 is 2.06 bits per heavy atom. The van der Waals surface area contributed by atoms with E-state index in [1.54, 1.807) is 36.5 Å². The molecule has 4 rings (SSSR count). The van der Waals surface area contributed by atoms with Crippen LogP contribution in [0.3, 0.4) is 0 Å². The van der Waals surface area contributed by atoms with Gasteiger partial charge in [-0.25, -0.2) is 4.39 Å². The SMILES string of the molecule is O=C(/C=C/c1ccc(Oc2cccnc2)c(F)c1)NC1CCN(Cc2ccccc2)C1. The zero-order valence-electron chi connectivity index (χ0n) is 17.1. The largest absolute Gasteiger partial charge is 0.453 e. The number of nitrogens with one attached hydrogen (secondary N) is 1. The molecule has 1 atom stereocenters. The highest BCUT2D eigenvalue weighted by Gasteiger charge is 2.23. The highest BCUT2D eigenvalue weighted by atomic mass is 19.1. The Kier molecular flexibility index (Phi) is 6.69. The van der Waals surface area contributed by atoms with Gasteiger partial charge in [-0.15, -0.1) is 0 Å². The summed E-state index contributed by atoms with van der Waals surface area (Å²) in [5.41, 5.74) is 1.86. The number of benzene rings is 2. The quantitative estimate of drug-likeness (QED) is 0.579. The summed E-state index contributed by atoms with van der Waals surface area (Å²) in [7, 11) is 0. The summed E-state index contributed by atoms with van der Waals surface area (Å²) in [6.07, 6.45) is 7.09. The Morgan fingerprint density at radius 3 is 2.84 bits per heavy atom. The minimum absolute atomic E-state index is 0.110. The van der Waals surface area contributed by atoms with E-state index in [1.807, 2.05) is 18.2 Å². The number of halogens is 1. The van der Waals surface area contributed by atoms with E-state index in [0.717, 1.165) is 26.1 Å². The van der Waals surface area contributed by atoms with Crippen LogP contribution in [-0.4, -0.2) is 34.9 Å². The van der Waals surface area contributed by atoms with E-state index in [2.05, 4.69) is 27.3 Å². The molecular formula is C25H24FN3O2. The summed E-state index contributed by atoms with van der Waals surface area (Å²) >= 11 is 0. The molecule has 2 heterocycles. The van der Waals surface area contributed by atoms with Crippen LogP contribution < -0.4 is 10.1 Å². The van der Waals surface area contributed by atoms with Gasteiger partial charge in [0.15, 0.2) is 11.6 Å². The zero-order valence-corrected chi connectivity index (χ0v) is 17.1. The van der Waals surface area contributed by atoms with Crippen LogP contribution in [0.2, 0.25) is 0 Å². The van der Waals surface area contributed by atoms with Crippen molar-refractivity contribution in [2.24, 2.45) is 0 Å². The molecule has 31 heavy (non-hydrogen) atoms. The molecule has 1 unspecified atom stereocenters. The minimum atomic E-state index is -0.501. The van der Waals surface area contributed by atoms with Crippen LogP contribution in [-0.2, 0) is 11.3 Å². The van der Waals surface area contributed by atoms with Gasteiger partial charge in [0.05, 0.1) is 6.20 Å². The molecule has 0 saturated carbocycles. The molecule has 1 saturated heterocycles. The van der Waals surface area contributed by atoms with E-state index in [1.165, 1.54) is 23.9 Å². The third kappa shape index (κ3) is 5.99. The van der Waals surface area contributed by atoms with Crippen LogP contribution in [0.5, 0.6) is 11.5 Å². The van der Waals surface area contributed by atoms with Gasteiger partial charge in [-0.1, -0.05) is 36.4 Å². The molecule has 1 N–H and O–H groups in total. The molecule has 1 aliphatic rings. The van der Waals surface area contributed by atoms with Crippen LogP contribution in [0.1, 0.15) is 17.5 Å². The van der Waals surface area contributed by atoms with Crippen LogP contribution in [0.4, 0.5) is 4.39 Å². The predicted molar refractivity (Wildman–Crippen MR) is 118 cm³/mol. The van der Waals surface area contributed by atoms with Gasteiger partial charge in [-0.2, -0.15) is 0 Å². The van der Waals surface area contributed by atoms with E-state index in [9.17, 15) is 9.18 Å². The lowest BCUT2D eigenvalue weighted by Crippen LogP contribution is -2.35. The van der Waals surface area contributed by atoms with Crippen molar-refractivity contribution in [3.63, 3.8) is 0 Å². The number of carbonyl (C=O) groups is 1. The molecular weight excluding hydrogens is 393 g/mol. The summed E-state index contributed by atoms with van der Waals surface area (Å²) in [6, 6.07) is 18.4. The fourth-order valence-electron chi connectivity index (χ4n) is 3.59. The lowest BCUT2D eigenvalue weighted by atomic mass is 10.2. The van der Waals surface area contributed by atoms with Gasteiger partial charge >= 0.3 is 0 Å². The van der Waals surface area contributed by atoms with Crippen molar-refractivity contribution in [1.29, 1.82) is 0 Å². The van der Waals surface area contributed by atoms with Gasteiger partial charge in [0, 0.05) is 37.9 Å². The summed E-state index contributed by atoms with van der Waals surface area (Å²) in [5.74, 6) is -0.109. The van der Waals surface area contributed by atoms with Crippen molar-refractivity contribution in [1.82, 2.24) is 15.2 Å². The molecule has 158 valence electrons. The number of carbonyl (C=O) groups excluding carboxylic acids is 1. The fraction of sp³-hybridized carbons (Fsp3) is 0.200. The van der Waals surface area contributed by atoms with Crippen molar-refractivity contribution >= 4 is 12.0 Å². The van der Waals surface area contributed by atoms with E-state index in [0.29, 0.717) is 11.3 Å². The van der Waals surface area contributed by atoms with Crippen molar-refractivity contribution in [2.45, 2.75) is 19.0 Å². The maximum Gasteiger partial charge on any atom is 0.244 e. The van der Waals surface area contributed by atoms with Crippen LogP contribution >= 0.6 is 0 Å². The molecule has 6 heteroatoms. The average Bonchev–Trinajstić information content (AvgIpc) is 3.22. The first-order valence-corrected chi connectivity index (χ1v) is 10.3. The number of likely N-dealkylation sites (tertiary alicyclic amines) is 1. The molecule has 3 aromatic rings. The van der Waals surface area contributed by atoms with Crippen molar-refractivity contribution in [2.75, 3.05) is 13.1 Å². The number of pyridine rings is 1. The first-order valence-electron chi connectivity index (χ1n) is 10.3. The second kappa shape index (κ2) is 10.00. The van der Waals surface area contributed by atoms with E-state index in [-0.39, 0.29) is 17.7 Å². The minimum Gasteiger partial charge on any atom is -0.453 e. The third-order valence-corrected chi connectivity index (χ3v) is 5.11. The average molecular weight is 417 g/mol. The molecule has 2 aromatic carbocycles. The normalized spacial score (nSPS) is 16.5. The highest BCUT2D eigenvalue weighted by Crippen LogP contribution is 2.24. The Morgan fingerprint density at radius 1 is 1.19 bits per heavy atom. The molecule has 1 aromatic heterocycles. The van der Waals surface area contributed by atoms with Crippen molar-refractivity contribution in [3.05, 3.63) is 96.1 Å². The van der Waals surface area contributed by atoms with E-state index < -0.39 is 5.82 Å². The maximum absolute atomic E-state index is 14.3. The predicted octanol–water partition coefficient (Wildman–Crippen LogP) is 4.42. The molecule has 0 spiro atoms. The smallest absolute Gasteiger partial charge is 0.244 e. The number of rotatable bonds is 7. The molecule has 0 aliphatic carbocycles. The van der Waals surface area contributed by atoms with Crippen molar-refractivity contribution < 1.29 is 13.9 Å². The Balaban J connectivity index is 1.27. The summed E-state index contributed by atoms with van der Waals surface area (Å²) in [4.78, 5) is 18.6. The Hall–Kier alpha value is -3.51. The van der Waals surface area contributed by atoms with Gasteiger partial charge < -0.3 is 10.1 Å². The second-order valence-electron chi connectivity index (χ2n) is 7.53. The van der Waals surface area contributed by atoms with E-state index >= 15 is 0 Å². The Bertz CT molecular complexity index is 1040. The number of aromatic nitrogens is 1. The number of nitrogens with zero attached hydrogens (tertiary/aromatic N) is 2. The summed E-state index contributed by atoms with van der Waals surface area (Å²) in [5, 5.41) is 3.03. The van der Waals surface area contributed by atoms with E-state index in [4.69, 9.17) is 4.74 Å². The first kappa shape index (κ1) is 20.8. The molecule has 1 fully saturated rings. The first-order chi connectivity index (χ1) is 15.2. The van der Waals surface area contributed by atoms with Crippen LogP contribution in [0.25, 0.3) is 6.08 Å². The standard InChI is InChI=1S/C25H24FN3O2/c26-23-15-19(8-10-24(23)31-22-7-4-13-27-16-22)9-11-25(30)28-21-12-14-29(18-21)17-20-5-2-1-3-6-20/h1-11,13,15-16,21H,12,14,17-18H2,(H,28,30)/b11-9+. The topological polar surface area (TPSA) is 54.5 Å². The van der Waals surface area contributed by atoms with Crippen molar-refractivity contribution in [3.8, 4) is 11.5 Å². The van der Waals surface area contributed by atoms with Crippen LogP contribution in [0.15, 0.2) is 79.1 Å². The molecule has 1 aliphatic heterocycles. The Labute approximate surface area is 181 Å². The molecule has 1 amide bonds. The summed E-state index contributed by atoms with van der Waals surface area (Å²) < 4.78 is 19.8. The van der Waals surface area contributed by atoms with Gasteiger partial charge in [0.25, 0.3) is 0 Å². The molecule has 0 bridgehead atoms. The van der Waals surface area contributed by atoms with Gasteiger partial charge in [0.2, 0.25) is 5.91 Å². The number of hydrogen-bond donors (Lipinski definition) is 1. The lowest BCUT2D eigenvalue weighted by molar-refractivity contribution is -0.117. The monoisotopic (exact) mass is 417 g/mol. The maximum atomic E-state index is 14.3. The van der Waals surface area contributed by atoms with Gasteiger partial charge in [-0.05, 0) is 47.9 Å². The number of hydrogen-bond acceptors (Lipinski definition) is 4. The third-order valence-electron chi connectivity index (χ3n) is 5.11. The highest BCUT2D eigenvalue weighted by molar-refractivity contribution is 5.91. The molecule has 5 nitrogen and oxygen atoms in total.